The molecule has 178 valence electrons. The maximum absolute atomic E-state index is 12.7. The Hall–Kier alpha value is -2.16. The van der Waals surface area contributed by atoms with Gasteiger partial charge in [-0.1, -0.05) is 0 Å². The van der Waals surface area contributed by atoms with Crippen LogP contribution in [0.1, 0.15) is 6.42 Å². The Labute approximate surface area is 180 Å². The van der Waals surface area contributed by atoms with Crippen molar-refractivity contribution in [3.63, 3.8) is 0 Å². The van der Waals surface area contributed by atoms with Crippen molar-refractivity contribution in [2.24, 2.45) is 11.5 Å². The summed E-state index contributed by atoms with van der Waals surface area (Å²) < 4.78 is 0. The third-order valence-corrected chi connectivity index (χ3v) is 5.09. The summed E-state index contributed by atoms with van der Waals surface area (Å²) in [7, 11) is 0. The minimum Gasteiger partial charge on any atom is -0.481 e. The van der Waals surface area contributed by atoms with Crippen molar-refractivity contribution in [2.75, 3.05) is 72.0 Å². The normalized spacial score (nSPS) is 20.2. The summed E-state index contributed by atoms with van der Waals surface area (Å²) >= 11 is 0. The quantitative estimate of drug-likeness (QED) is 0.192. The summed E-state index contributed by atoms with van der Waals surface area (Å²) in [5.74, 6) is -3.61. The highest BCUT2D eigenvalue weighted by Gasteiger charge is 2.31. The number of carboxylic acid groups (broad SMARTS) is 3. The molecule has 0 spiro atoms. The Balaban J connectivity index is 3.00. The molecule has 1 aliphatic rings. The third-order valence-electron chi connectivity index (χ3n) is 5.09. The predicted octanol–water partition coefficient (Wildman–Crippen LogP) is -3.64. The highest BCUT2D eigenvalue weighted by molar-refractivity contribution is 5.92. The van der Waals surface area contributed by atoms with Gasteiger partial charge in [-0.2, -0.15) is 0 Å². The lowest BCUT2D eigenvalue weighted by Gasteiger charge is -2.34. The van der Waals surface area contributed by atoms with Crippen LogP contribution in [0.5, 0.6) is 0 Å². The van der Waals surface area contributed by atoms with Gasteiger partial charge in [-0.05, 0) is 0 Å². The molecule has 1 rings (SSSR count). The Morgan fingerprint density at radius 3 is 1.84 bits per heavy atom. The van der Waals surface area contributed by atoms with Crippen molar-refractivity contribution < 1.29 is 34.5 Å². The minimum atomic E-state index is -1.15. The summed E-state index contributed by atoms with van der Waals surface area (Å²) in [4.78, 5) is 51.5. The van der Waals surface area contributed by atoms with E-state index in [0.29, 0.717) is 39.3 Å². The molecule has 8 N–H and O–H groups in total. The first-order valence-electron chi connectivity index (χ1n) is 10.2. The van der Waals surface area contributed by atoms with Crippen LogP contribution in [-0.4, -0.2) is 138 Å². The number of carbonyl (C=O) groups is 4. The summed E-state index contributed by atoms with van der Waals surface area (Å²) in [6, 6.07) is -1.96. The maximum Gasteiger partial charge on any atom is 0.317 e. The SMILES string of the molecule is NCC(N)C(=O)C(CC(=O)O)N1CCNCCN(CC(=O)O)CCN(CC(=O)O)CC1. The molecular weight excluding hydrogens is 412 g/mol. The Bertz CT molecular complexity index is 620. The lowest BCUT2D eigenvalue weighted by molar-refractivity contribution is -0.142. The number of carboxylic acids is 3. The van der Waals surface area contributed by atoms with Gasteiger partial charge >= 0.3 is 17.9 Å². The van der Waals surface area contributed by atoms with Crippen LogP contribution in [0.25, 0.3) is 0 Å². The molecule has 13 nitrogen and oxygen atoms in total. The van der Waals surface area contributed by atoms with Crippen LogP contribution in [0, 0.1) is 0 Å². The number of nitrogens with two attached hydrogens (primary N) is 2. The molecular formula is C18H34N6O7. The molecule has 0 amide bonds. The van der Waals surface area contributed by atoms with E-state index in [-0.39, 0.29) is 32.7 Å². The monoisotopic (exact) mass is 446 g/mol. The second-order valence-corrected chi connectivity index (χ2v) is 7.48. The topological polar surface area (TPSA) is 203 Å². The predicted molar refractivity (Wildman–Crippen MR) is 111 cm³/mol. The molecule has 0 aromatic rings. The summed E-state index contributed by atoms with van der Waals surface area (Å²) in [5.41, 5.74) is 11.3. The van der Waals surface area contributed by atoms with Gasteiger partial charge in [-0.3, -0.25) is 33.9 Å². The van der Waals surface area contributed by atoms with Gasteiger partial charge in [0, 0.05) is 58.9 Å². The van der Waals surface area contributed by atoms with Crippen molar-refractivity contribution in [3.8, 4) is 0 Å². The van der Waals surface area contributed by atoms with Crippen molar-refractivity contribution in [1.82, 2.24) is 20.0 Å². The van der Waals surface area contributed by atoms with E-state index in [9.17, 15) is 29.4 Å². The number of nitrogens with one attached hydrogen (secondary N) is 1. The van der Waals surface area contributed by atoms with E-state index in [0.717, 1.165) is 0 Å². The fourth-order valence-electron chi connectivity index (χ4n) is 3.42. The van der Waals surface area contributed by atoms with Crippen molar-refractivity contribution in [1.29, 1.82) is 0 Å². The average molecular weight is 447 g/mol. The van der Waals surface area contributed by atoms with Crippen LogP contribution in [0.3, 0.4) is 0 Å². The van der Waals surface area contributed by atoms with Crippen molar-refractivity contribution >= 4 is 23.7 Å². The lowest BCUT2D eigenvalue weighted by Crippen LogP contribution is -2.55. The molecule has 0 aromatic heterocycles. The Kier molecular flexibility index (Phi) is 12.1. The van der Waals surface area contributed by atoms with Crippen LogP contribution < -0.4 is 16.8 Å². The Morgan fingerprint density at radius 1 is 0.806 bits per heavy atom. The first kappa shape index (κ1) is 26.9. The molecule has 31 heavy (non-hydrogen) atoms. The molecule has 0 bridgehead atoms. The molecule has 2 atom stereocenters. The molecule has 2 unspecified atom stereocenters. The first-order chi connectivity index (χ1) is 14.6. The Morgan fingerprint density at radius 2 is 1.32 bits per heavy atom. The molecule has 1 saturated heterocycles. The second kappa shape index (κ2) is 14.0. The number of hydrogen-bond donors (Lipinski definition) is 6. The van der Waals surface area contributed by atoms with E-state index in [1.807, 2.05) is 0 Å². The number of carbonyl (C=O) groups excluding carboxylic acids is 1. The minimum absolute atomic E-state index is 0.106. The second-order valence-electron chi connectivity index (χ2n) is 7.48. The van der Waals surface area contributed by atoms with Gasteiger partial charge in [0.1, 0.15) is 0 Å². The van der Waals surface area contributed by atoms with Gasteiger partial charge in [0.15, 0.2) is 5.78 Å². The van der Waals surface area contributed by atoms with Gasteiger partial charge in [0.25, 0.3) is 0 Å². The first-order valence-corrected chi connectivity index (χ1v) is 10.2. The molecule has 0 aromatic carbocycles. The van der Waals surface area contributed by atoms with Crippen molar-refractivity contribution in [2.45, 2.75) is 18.5 Å². The summed E-state index contributed by atoms with van der Waals surface area (Å²) in [6.07, 6.45) is -0.433. The van der Waals surface area contributed by atoms with Crippen LogP contribution in [-0.2, 0) is 19.2 Å². The van der Waals surface area contributed by atoms with Gasteiger partial charge < -0.3 is 32.1 Å². The standard InChI is InChI=1S/C18H34N6O7/c19-10-13(20)18(31)14(9-15(25)26)24-4-2-21-1-3-22(11-16(27)28)5-6-23(7-8-24)12-17(29)30/h13-14,21H,1-12,19-20H2,(H,25,26)(H,27,28)(H,29,30). The number of rotatable bonds is 10. The lowest BCUT2D eigenvalue weighted by atomic mass is 10.0. The highest BCUT2D eigenvalue weighted by Crippen LogP contribution is 2.09. The average Bonchev–Trinajstić information content (AvgIpc) is 2.68. The molecule has 1 fully saturated rings. The molecule has 0 aliphatic carbocycles. The summed E-state index contributed by atoms with van der Waals surface area (Å²) in [6.45, 7) is 2.36. The van der Waals surface area contributed by atoms with Gasteiger partial charge in [-0.15, -0.1) is 0 Å². The molecule has 13 heteroatoms. The number of ketones is 1. The molecule has 0 saturated carbocycles. The fraction of sp³-hybridized carbons (Fsp3) is 0.778. The molecule has 1 aliphatic heterocycles. The zero-order valence-corrected chi connectivity index (χ0v) is 17.6. The van der Waals surface area contributed by atoms with E-state index in [1.54, 1.807) is 14.7 Å². The smallest absolute Gasteiger partial charge is 0.317 e. The number of Topliss-reactive ketones (excluding diaryl/α,β-unsaturated/α-hetero) is 1. The van der Waals surface area contributed by atoms with Gasteiger partial charge in [-0.25, -0.2) is 0 Å². The van der Waals surface area contributed by atoms with E-state index in [4.69, 9.17) is 16.6 Å². The summed E-state index contributed by atoms with van der Waals surface area (Å²) in [5, 5.41) is 30.8. The zero-order chi connectivity index (χ0) is 23.4. The van der Waals surface area contributed by atoms with E-state index in [1.165, 1.54) is 0 Å². The zero-order valence-electron chi connectivity index (χ0n) is 17.6. The number of aliphatic carboxylic acids is 3. The molecule has 0 radical (unpaired) electrons. The highest BCUT2D eigenvalue weighted by atomic mass is 16.4. The maximum atomic E-state index is 12.7. The van der Waals surface area contributed by atoms with E-state index < -0.39 is 42.2 Å². The van der Waals surface area contributed by atoms with Crippen LogP contribution in [0.2, 0.25) is 0 Å². The van der Waals surface area contributed by atoms with Crippen LogP contribution in [0.4, 0.5) is 0 Å². The number of hydrogen-bond acceptors (Lipinski definition) is 10. The van der Waals surface area contributed by atoms with Crippen molar-refractivity contribution in [3.05, 3.63) is 0 Å². The van der Waals surface area contributed by atoms with Crippen LogP contribution >= 0.6 is 0 Å². The van der Waals surface area contributed by atoms with Gasteiger partial charge in [0.05, 0.1) is 31.6 Å². The third kappa shape index (κ3) is 10.6. The largest absolute Gasteiger partial charge is 0.481 e. The number of nitrogens with zero attached hydrogens (tertiary/aromatic N) is 3. The van der Waals surface area contributed by atoms with Gasteiger partial charge in [0.2, 0.25) is 0 Å². The fourth-order valence-corrected chi connectivity index (χ4v) is 3.42. The van der Waals surface area contributed by atoms with Crippen LogP contribution in [0.15, 0.2) is 0 Å². The van der Waals surface area contributed by atoms with E-state index >= 15 is 0 Å². The van der Waals surface area contributed by atoms with E-state index in [2.05, 4.69) is 5.32 Å². The molecule has 1 heterocycles.